The van der Waals surface area contributed by atoms with Gasteiger partial charge in [-0.25, -0.2) is 4.67 Å². The number of likely N-dealkylation sites (N-methyl/N-ethyl adjacent to an activating group) is 1. The number of carbonyl (C=O) groups excluding carboxylic acids is 1. The summed E-state index contributed by atoms with van der Waals surface area (Å²) in [5.74, 6) is -0.00770. The molecule has 0 aromatic heterocycles. The molecule has 5 nitrogen and oxygen atoms in total. The minimum Gasteiger partial charge on any atom is -0.318 e. The van der Waals surface area contributed by atoms with E-state index >= 15 is 0 Å². The van der Waals surface area contributed by atoms with Gasteiger partial charge in [0.15, 0.2) is 0 Å². The van der Waals surface area contributed by atoms with E-state index in [2.05, 4.69) is 0 Å². The van der Waals surface area contributed by atoms with Gasteiger partial charge in [-0.3, -0.25) is 4.79 Å². The molecule has 0 atom stereocenters. The second-order valence-corrected chi connectivity index (χ2v) is 8.88. The van der Waals surface area contributed by atoms with Crippen molar-refractivity contribution in [1.29, 1.82) is 0 Å². The molecule has 24 heavy (non-hydrogen) atoms. The lowest BCUT2D eigenvalue weighted by Gasteiger charge is -2.34. The van der Waals surface area contributed by atoms with Crippen LogP contribution in [0.4, 0.5) is 5.69 Å². The normalized spacial score (nSPS) is 12.0. The fourth-order valence-electron chi connectivity index (χ4n) is 2.45. The van der Waals surface area contributed by atoms with Gasteiger partial charge in [0.1, 0.15) is 0 Å². The fraction of sp³-hybridized carbons (Fsp3) is 0.588. The Morgan fingerprint density at radius 1 is 1.12 bits per heavy atom. The molecule has 0 heterocycles. The van der Waals surface area contributed by atoms with Crippen molar-refractivity contribution in [2.24, 2.45) is 0 Å². The van der Waals surface area contributed by atoms with E-state index in [1.165, 1.54) is 0 Å². The maximum Gasteiger partial charge on any atom is 0.264 e. The summed E-state index contributed by atoms with van der Waals surface area (Å²) >= 11 is 5.63. The summed E-state index contributed by atoms with van der Waals surface area (Å²) in [5.41, 5.74) is 0.884. The minimum atomic E-state index is -2.63. The number of amides is 1. The summed E-state index contributed by atoms with van der Waals surface area (Å²) in [7, 11) is 0. The highest BCUT2D eigenvalue weighted by molar-refractivity contribution is 8.08. The molecule has 0 unspecified atom stereocenters. The zero-order valence-corrected chi connectivity index (χ0v) is 17.0. The Hall–Kier alpha value is -0.780. The Balaban J connectivity index is 3.01. The Kier molecular flexibility index (Phi) is 9.09. The molecule has 0 aliphatic carbocycles. The lowest BCUT2D eigenvalue weighted by atomic mass is 10.2. The predicted molar refractivity (Wildman–Crippen MR) is 104 cm³/mol. The van der Waals surface area contributed by atoms with Crippen LogP contribution in [0.1, 0.15) is 34.6 Å². The van der Waals surface area contributed by atoms with Gasteiger partial charge in [-0.15, -0.1) is 0 Å². The monoisotopic (exact) mass is 372 g/mol. The molecule has 0 bridgehead atoms. The second-order valence-electron chi connectivity index (χ2n) is 5.48. The van der Waals surface area contributed by atoms with Crippen LogP contribution in [0.5, 0.6) is 0 Å². The average molecular weight is 372 g/mol. The van der Waals surface area contributed by atoms with Crippen LogP contribution < -0.4 is 4.90 Å². The number of hydrogen-bond acceptors (Lipinski definition) is 4. The van der Waals surface area contributed by atoms with Gasteiger partial charge in [0, 0.05) is 18.3 Å². The van der Waals surface area contributed by atoms with Crippen LogP contribution in [-0.4, -0.2) is 42.9 Å². The van der Waals surface area contributed by atoms with E-state index in [-0.39, 0.29) is 18.5 Å². The topological polar surface area (TPSA) is 42.0 Å². The van der Waals surface area contributed by atoms with E-state index in [1.807, 2.05) is 69.6 Å². The van der Waals surface area contributed by atoms with Crippen LogP contribution in [0.25, 0.3) is 0 Å². The highest BCUT2D eigenvalue weighted by Gasteiger charge is 2.31. The van der Waals surface area contributed by atoms with Crippen molar-refractivity contribution in [3.63, 3.8) is 0 Å². The van der Waals surface area contributed by atoms with Crippen LogP contribution in [0.3, 0.4) is 0 Å². The molecule has 1 aromatic rings. The van der Waals surface area contributed by atoms with Crippen LogP contribution in [0.2, 0.25) is 0 Å². The van der Waals surface area contributed by atoms with E-state index in [9.17, 15) is 4.79 Å². The van der Waals surface area contributed by atoms with Gasteiger partial charge in [0.25, 0.3) is 6.64 Å². The molecule has 0 saturated heterocycles. The summed E-state index contributed by atoms with van der Waals surface area (Å²) in [6.07, 6.45) is 0. The van der Waals surface area contributed by atoms with E-state index in [0.29, 0.717) is 19.8 Å². The first-order valence-electron chi connectivity index (χ1n) is 8.41. The van der Waals surface area contributed by atoms with Crippen LogP contribution in [-0.2, 0) is 25.6 Å². The quantitative estimate of drug-likeness (QED) is 0.580. The lowest BCUT2D eigenvalue weighted by molar-refractivity contribution is -0.119. The molecule has 0 N–H and O–H groups in total. The number of rotatable bonds is 10. The third kappa shape index (κ3) is 5.64. The lowest BCUT2D eigenvalue weighted by Crippen LogP contribution is -2.43. The number of hydrogen-bond donors (Lipinski definition) is 0. The zero-order chi connectivity index (χ0) is 18.2. The first-order chi connectivity index (χ1) is 11.4. The molecule has 7 heteroatoms. The molecule has 1 aromatic carbocycles. The van der Waals surface area contributed by atoms with Gasteiger partial charge >= 0.3 is 0 Å². The number of benzene rings is 1. The van der Waals surface area contributed by atoms with Crippen molar-refractivity contribution in [2.45, 2.75) is 40.7 Å². The first-order valence-corrected chi connectivity index (χ1v) is 11.0. The molecule has 136 valence electrons. The van der Waals surface area contributed by atoms with Crippen LogP contribution in [0.15, 0.2) is 30.3 Å². The molecule has 0 aliphatic heterocycles. The summed E-state index contributed by atoms with van der Waals surface area (Å²) in [6, 6.07) is 9.73. The van der Waals surface area contributed by atoms with Crippen molar-refractivity contribution in [1.82, 2.24) is 4.67 Å². The fourth-order valence-corrected chi connectivity index (χ4v) is 5.30. The molecule has 0 radical (unpaired) electrons. The summed E-state index contributed by atoms with van der Waals surface area (Å²) < 4.78 is 13.3. The van der Waals surface area contributed by atoms with Gasteiger partial charge in [0.2, 0.25) is 5.91 Å². The van der Waals surface area contributed by atoms with Gasteiger partial charge in [-0.05, 0) is 51.6 Å². The van der Waals surface area contributed by atoms with Gasteiger partial charge in [-0.1, -0.05) is 25.1 Å². The Morgan fingerprint density at radius 2 is 1.67 bits per heavy atom. The average Bonchev–Trinajstić information content (AvgIpc) is 2.53. The molecule has 0 fully saturated rings. The van der Waals surface area contributed by atoms with Gasteiger partial charge < -0.3 is 13.9 Å². The van der Waals surface area contributed by atoms with Crippen LogP contribution in [0, 0.1) is 0 Å². The Labute approximate surface area is 151 Å². The molecule has 0 aliphatic rings. The third-order valence-electron chi connectivity index (χ3n) is 3.43. The molecule has 0 saturated carbocycles. The standard InChI is InChI=1S/C17H29N2O3PS/c1-6-18(23(24,21-7-2)22-8-3)14-17(20)19(15(4)5)16-12-10-9-11-13-16/h9-13,15H,6-8,14H2,1-5H3. The summed E-state index contributed by atoms with van der Waals surface area (Å²) in [5, 5.41) is 0. The van der Waals surface area contributed by atoms with Crippen molar-refractivity contribution in [3.05, 3.63) is 30.3 Å². The van der Waals surface area contributed by atoms with E-state index in [1.54, 1.807) is 4.90 Å². The summed E-state index contributed by atoms with van der Waals surface area (Å²) in [4.78, 5) is 14.7. The van der Waals surface area contributed by atoms with Crippen molar-refractivity contribution >= 4 is 30.0 Å². The molecule has 1 amide bonds. The largest absolute Gasteiger partial charge is 0.318 e. The molecular weight excluding hydrogens is 343 g/mol. The third-order valence-corrected chi connectivity index (χ3v) is 7.04. The number of nitrogens with zero attached hydrogens (tertiary/aromatic N) is 2. The van der Waals surface area contributed by atoms with Gasteiger partial charge in [0.05, 0.1) is 19.8 Å². The molecular formula is C17H29N2O3PS. The summed E-state index contributed by atoms with van der Waals surface area (Å²) in [6.45, 7) is 8.84. The minimum absolute atomic E-state index is 0.00770. The van der Waals surface area contributed by atoms with E-state index < -0.39 is 6.64 Å². The SMILES string of the molecule is CCOP(=S)(OCC)N(CC)CC(=O)N(c1ccccc1)C(C)C. The Morgan fingerprint density at radius 3 is 2.08 bits per heavy atom. The predicted octanol–water partition coefficient (Wildman–Crippen LogP) is 4.05. The smallest absolute Gasteiger partial charge is 0.264 e. The van der Waals surface area contributed by atoms with E-state index in [4.69, 9.17) is 20.9 Å². The Bertz CT molecular complexity index is 544. The zero-order valence-electron chi connectivity index (χ0n) is 15.3. The van der Waals surface area contributed by atoms with Crippen LogP contribution >= 0.6 is 6.64 Å². The highest BCUT2D eigenvalue weighted by Crippen LogP contribution is 2.52. The number of carbonyl (C=O) groups is 1. The van der Waals surface area contributed by atoms with Crippen molar-refractivity contribution < 1.29 is 13.8 Å². The van der Waals surface area contributed by atoms with E-state index in [0.717, 1.165) is 5.69 Å². The van der Waals surface area contributed by atoms with Crippen molar-refractivity contribution in [2.75, 3.05) is 31.2 Å². The number of anilines is 1. The highest BCUT2D eigenvalue weighted by atomic mass is 32.5. The van der Waals surface area contributed by atoms with Gasteiger partial charge in [-0.2, -0.15) is 0 Å². The first kappa shape index (κ1) is 21.3. The number of para-hydroxylation sites is 1. The maximum absolute atomic E-state index is 13.0. The molecule has 0 spiro atoms. The molecule has 1 rings (SSSR count). The maximum atomic E-state index is 13.0. The van der Waals surface area contributed by atoms with Crippen molar-refractivity contribution in [3.8, 4) is 0 Å². The second kappa shape index (κ2) is 10.3.